The van der Waals surface area contributed by atoms with Crippen molar-refractivity contribution < 1.29 is 4.74 Å². The Morgan fingerprint density at radius 3 is 1.77 bits per heavy atom. The van der Waals surface area contributed by atoms with Gasteiger partial charge in [-0.2, -0.15) is 0 Å². The van der Waals surface area contributed by atoms with Crippen molar-refractivity contribution >= 4 is 44.6 Å². The molecule has 3 heterocycles. The Balaban J connectivity index is 0.970. The normalized spacial score (nSPS) is 13.8. The van der Waals surface area contributed by atoms with Gasteiger partial charge in [0.2, 0.25) is 0 Å². The van der Waals surface area contributed by atoms with Gasteiger partial charge in [-0.25, -0.2) is 4.98 Å². The first-order valence-corrected chi connectivity index (χ1v) is 23.0. The van der Waals surface area contributed by atoms with E-state index in [4.69, 9.17) is 9.72 Å². The summed E-state index contributed by atoms with van der Waals surface area (Å²) in [5, 5.41) is 2.57. The van der Waals surface area contributed by atoms with Crippen molar-refractivity contribution in [1.82, 2.24) is 9.55 Å². The minimum Gasteiger partial charge on any atom is -0.457 e. The van der Waals surface area contributed by atoms with Crippen LogP contribution >= 0.6 is 0 Å². The number of benzene rings is 8. The molecule has 0 atom stereocenters. The number of aromatic nitrogens is 2. The zero-order valence-electron chi connectivity index (χ0n) is 38.0. The monoisotopic (exact) mass is 854 g/mol. The number of fused-ring (bicyclic) bond motifs is 1. The Morgan fingerprint density at radius 1 is 0.515 bits per heavy atom. The smallest absolute Gasteiger partial charge is 0.137 e. The summed E-state index contributed by atoms with van der Waals surface area (Å²) in [7, 11) is 0. The lowest BCUT2D eigenvalue weighted by Crippen LogP contribution is -2.25. The van der Waals surface area contributed by atoms with Crippen LogP contribution in [0.4, 0.5) is 22.7 Å². The standard InChI is InChI=1S/C61H50N4O/c1-60(2,3)43-33-34-62-55(35-43)65-53-32-31-47(40-19-9-6-10-20-40)58-57(53)56-50(61(58,4)5)37-46(38-54(56)65)66-45-26-17-25-44(36-45)63-39-64(52-30-16-15-29-51(52)63)59-48(41-21-11-7-12-22-41)27-18-28-49(59)42-23-13-8-14-24-42/h6-38H,39H2,1-5H3. The molecule has 320 valence electrons. The summed E-state index contributed by atoms with van der Waals surface area (Å²) < 4.78 is 9.42. The van der Waals surface area contributed by atoms with Gasteiger partial charge >= 0.3 is 0 Å². The quantitative estimate of drug-likeness (QED) is 0.152. The minimum absolute atomic E-state index is 0.0338. The lowest BCUT2D eigenvalue weighted by atomic mass is 9.78. The molecule has 8 aromatic carbocycles. The molecule has 0 radical (unpaired) electrons. The van der Waals surface area contributed by atoms with E-state index in [1.165, 1.54) is 66.5 Å². The summed E-state index contributed by atoms with van der Waals surface area (Å²) in [6.07, 6.45) is 1.95. The average molecular weight is 855 g/mol. The molecule has 0 saturated carbocycles. The van der Waals surface area contributed by atoms with Gasteiger partial charge in [-0.05, 0) is 92.9 Å². The molecule has 0 unspecified atom stereocenters. The molecule has 0 N–H and O–H groups in total. The van der Waals surface area contributed by atoms with Gasteiger partial charge in [0.15, 0.2) is 0 Å². The topological polar surface area (TPSA) is 33.5 Å². The third-order valence-corrected chi connectivity index (χ3v) is 13.8. The first kappa shape index (κ1) is 39.7. The fraction of sp³-hybridized carbons (Fsp3) is 0.131. The second-order valence-electron chi connectivity index (χ2n) is 19.2. The molecule has 5 heteroatoms. The molecule has 2 aliphatic rings. The lowest BCUT2D eigenvalue weighted by Gasteiger charge is -2.27. The van der Waals surface area contributed by atoms with E-state index < -0.39 is 0 Å². The first-order chi connectivity index (χ1) is 32.1. The van der Waals surface area contributed by atoms with E-state index >= 15 is 0 Å². The van der Waals surface area contributed by atoms with Crippen LogP contribution in [0.2, 0.25) is 0 Å². The van der Waals surface area contributed by atoms with Gasteiger partial charge < -0.3 is 14.5 Å². The van der Waals surface area contributed by atoms with Crippen molar-refractivity contribution in [2.45, 2.75) is 45.4 Å². The number of rotatable bonds is 8. The molecule has 10 aromatic rings. The number of anilines is 4. The minimum atomic E-state index is -0.286. The van der Waals surface area contributed by atoms with E-state index in [0.29, 0.717) is 6.67 Å². The van der Waals surface area contributed by atoms with Crippen molar-refractivity contribution in [2.75, 3.05) is 16.5 Å². The highest BCUT2D eigenvalue weighted by atomic mass is 16.5. The van der Waals surface area contributed by atoms with Crippen LogP contribution in [0.5, 0.6) is 11.5 Å². The molecule has 0 spiro atoms. The first-order valence-electron chi connectivity index (χ1n) is 23.0. The molecule has 0 fully saturated rings. The Kier molecular flexibility index (Phi) is 9.08. The van der Waals surface area contributed by atoms with Crippen LogP contribution in [0.1, 0.15) is 51.3 Å². The van der Waals surface area contributed by atoms with Gasteiger partial charge in [0.05, 0.1) is 28.1 Å². The van der Waals surface area contributed by atoms with Crippen molar-refractivity contribution in [2.24, 2.45) is 0 Å². The van der Waals surface area contributed by atoms with Crippen molar-refractivity contribution in [3.8, 4) is 50.7 Å². The predicted molar refractivity (Wildman–Crippen MR) is 274 cm³/mol. The summed E-state index contributed by atoms with van der Waals surface area (Å²) >= 11 is 0. The maximum atomic E-state index is 7.07. The number of para-hydroxylation sites is 3. The van der Waals surface area contributed by atoms with E-state index in [1.807, 2.05) is 6.20 Å². The number of ether oxygens (including phenoxy) is 1. The van der Waals surface area contributed by atoms with Gasteiger partial charge in [0, 0.05) is 51.3 Å². The maximum absolute atomic E-state index is 7.07. The van der Waals surface area contributed by atoms with Crippen LogP contribution in [-0.2, 0) is 10.8 Å². The Bertz CT molecular complexity index is 3440. The SMILES string of the molecule is CC(C)(C)c1ccnc(-n2c3cc(Oc4cccc(N5CN(c6c(-c7ccccc7)cccc6-c6ccccc6)c6ccccc65)c4)cc4c3c3c(c(-c5ccccc5)ccc32)C4(C)C)c1. The Morgan fingerprint density at radius 2 is 1.12 bits per heavy atom. The van der Waals surface area contributed by atoms with Crippen LogP contribution in [-0.4, -0.2) is 16.2 Å². The van der Waals surface area contributed by atoms with Crippen LogP contribution in [0.25, 0.3) is 61.0 Å². The molecule has 1 aliphatic carbocycles. The number of hydrogen-bond donors (Lipinski definition) is 0. The fourth-order valence-electron chi connectivity index (χ4n) is 10.7. The van der Waals surface area contributed by atoms with Crippen LogP contribution < -0.4 is 14.5 Å². The zero-order chi connectivity index (χ0) is 44.7. The molecule has 0 amide bonds. The van der Waals surface area contributed by atoms with Crippen LogP contribution in [0.15, 0.2) is 200 Å². The predicted octanol–water partition coefficient (Wildman–Crippen LogP) is 16.2. The molecular formula is C61H50N4O. The molecule has 12 rings (SSSR count). The highest BCUT2D eigenvalue weighted by molar-refractivity contribution is 6.18. The molecule has 0 saturated heterocycles. The van der Waals surface area contributed by atoms with Gasteiger partial charge in [0.25, 0.3) is 0 Å². The van der Waals surface area contributed by atoms with Gasteiger partial charge in [-0.3, -0.25) is 4.57 Å². The summed E-state index contributed by atoms with van der Waals surface area (Å²) in [6, 6.07) is 69.8. The van der Waals surface area contributed by atoms with E-state index in [9.17, 15) is 0 Å². The van der Waals surface area contributed by atoms with E-state index in [2.05, 4.69) is 243 Å². The van der Waals surface area contributed by atoms with Crippen LogP contribution in [0.3, 0.4) is 0 Å². The molecular weight excluding hydrogens is 805 g/mol. The molecule has 5 nitrogen and oxygen atoms in total. The van der Waals surface area contributed by atoms with Gasteiger partial charge in [-0.15, -0.1) is 0 Å². The number of nitrogens with zero attached hydrogens (tertiary/aromatic N) is 4. The van der Waals surface area contributed by atoms with E-state index in [0.717, 1.165) is 45.4 Å². The molecule has 1 aliphatic heterocycles. The third-order valence-electron chi connectivity index (χ3n) is 13.8. The number of pyridine rings is 1. The van der Waals surface area contributed by atoms with E-state index in [1.54, 1.807) is 0 Å². The molecule has 0 bridgehead atoms. The Labute approximate surface area is 386 Å². The second kappa shape index (κ2) is 15.1. The summed E-state index contributed by atoms with van der Waals surface area (Å²) in [5.74, 6) is 2.48. The van der Waals surface area contributed by atoms with Gasteiger partial charge in [0.1, 0.15) is 24.0 Å². The highest BCUT2D eigenvalue weighted by Gasteiger charge is 2.40. The van der Waals surface area contributed by atoms with Gasteiger partial charge in [-0.1, -0.05) is 168 Å². The molecule has 66 heavy (non-hydrogen) atoms. The zero-order valence-corrected chi connectivity index (χ0v) is 38.0. The maximum Gasteiger partial charge on any atom is 0.137 e. The Hall–Kier alpha value is -7.89. The second-order valence-corrected chi connectivity index (χ2v) is 19.2. The third kappa shape index (κ3) is 6.33. The fourth-order valence-corrected chi connectivity index (χ4v) is 10.7. The summed E-state index contributed by atoms with van der Waals surface area (Å²) in [5.41, 5.74) is 17.6. The highest BCUT2D eigenvalue weighted by Crippen LogP contribution is 2.56. The van der Waals surface area contributed by atoms with E-state index in [-0.39, 0.29) is 10.8 Å². The van der Waals surface area contributed by atoms with Crippen molar-refractivity contribution in [1.29, 1.82) is 0 Å². The largest absolute Gasteiger partial charge is 0.457 e. The number of hydrogen-bond acceptors (Lipinski definition) is 4. The average Bonchev–Trinajstić information content (AvgIpc) is 3.97. The van der Waals surface area contributed by atoms with Crippen molar-refractivity contribution in [3.05, 3.63) is 217 Å². The van der Waals surface area contributed by atoms with Crippen LogP contribution in [0, 0.1) is 0 Å². The molecule has 2 aromatic heterocycles. The summed E-state index contributed by atoms with van der Waals surface area (Å²) in [6.45, 7) is 12.1. The summed E-state index contributed by atoms with van der Waals surface area (Å²) in [4.78, 5) is 9.92. The van der Waals surface area contributed by atoms with Crippen molar-refractivity contribution in [3.63, 3.8) is 0 Å². The lowest BCUT2D eigenvalue weighted by molar-refractivity contribution is 0.481.